The quantitative estimate of drug-likeness (QED) is 0.736. The van der Waals surface area contributed by atoms with Crippen LogP contribution in [0.1, 0.15) is 15.2 Å². The van der Waals surface area contributed by atoms with Crippen molar-refractivity contribution in [2.24, 2.45) is 0 Å². The number of benzene rings is 2. The largest absolute Gasteiger partial charge is 0.477 e. The molecule has 0 fully saturated rings. The highest BCUT2D eigenvalue weighted by Crippen LogP contribution is 2.38. The maximum Gasteiger partial charge on any atom is 0.268 e. The lowest BCUT2D eigenvalue weighted by Crippen LogP contribution is -2.50. The molecular formula is C20H17FN2O3S. The van der Waals surface area contributed by atoms with E-state index < -0.39 is 6.10 Å². The average Bonchev–Trinajstić information content (AvgIpc) is 3.03. The fourth-order valence-electron chi connectivity index (χ4n) is 3.30. The van der Waals surface area contributed by atoms with E-state index in [1.807, 2.05) is 0 Å². The Kier molecular flexibility index (Phi) is 4.31. The minimum Gasteiger partial charge on any atom is -0.477 e. The SMILES string of the molecule is CNC(=O)C1CN(C(=O)c2sc3cccc(F)c3c2C)c2ccccc2O1. The molecule has 0 saturated heterocycles. The van der Waals surface area contributed by atoms with Crippen molar-refractivity contribution in [1.82, 2.24) is 5.32 Å². The number of nitrogens with one attached hydrogen (secondary N) is 1. The second-order valence-corrected chi connectivity index (χ2v) is 7.33. The highest BCUT2D eigenvalue weighted by Gasteiger charge is 2.35. The Morgan fingerprint density at radius 1 is 1.22 bits per heavy atom. The maximum atomic E-state index is 14.2. The van der Waals surface area contributed by atoms with Gasteiger partial charge in [-0.25, -0.2) is 4.39 Å². The smallest absolute Gasteiger partial charge is 0.268 e. The van der Waals surface area contributed by atoms with Gasteiger partial charge in [-0.15, -0.1) is 11.3 Å². The fraction of sp³-hybridized carbons (Fsp3) is 0.200. The summed E-state index contributed by atoms with van der Waals surface area (Å²) in [5.74, 6) is -0.444. The molecule has 4 rings (SSSR count). The van der Waals surface area contributed by atoms with Gasteiger partial charge >= 0.3 is 0 Å². The van der Waals surface area contributed by atoms with Gasteiger partial charge in [-0.05, 0) is 36.8 Å². The van der Waals surface area contributed by atoms with Crippen molar-refractivity contribution >= 4 is 38.9 Å². The van der Waals surface area contributed by atoms with Crippen LogP contribution in [0.4, 0.5) is 10.1 Å². The lowest BCUT2D eigenvalue weighted by atomic mass is 10.1. The molecule has 0 spiro atoms. The minimum atomic E-state index is -0.805. The second kappa shape index (κ2) is 6.66. The number of amides is 2. The van der Waals surface area contributed by atoms with E-state index in [9.17, 15) is 14.0 Å². The van der Waals surface area contributed by atoms with Crippen LogP contribution in [0.15, 0.2) is 42.5 Å². The summed E-state index contributed by atoms with van der Waals surface area (Å²) in [5.41, 5.74) is 1.21. The van der Waals surface area contributed by atoms with Gasteiger partial charge in [-0.1, -0.05) is 18.2 Å². The van der Waals surface area contributed by atoms with Crippen molar-refractivity contribution in [3.8, 4) is 5.75 Å². The van der Waals surface area contributed by atoms with Gasteiger partial charge < -0.3 is 10.1 Å². The summed E-state index contributed by atoms with van der Waals surface area (Å²) in [6.45, 7) is 1.84. The number of carbonyl (C=O) groups excluding carboxylic acids is 2. The number of anilines is 1. The number of nitrogens with zero attached hydrogens (tertiary/aromatic N) is 1. The lowest BCUT2D eigenvalue weighted by molar-refractivity contribution is -0.127. The number of thiophene rings is 1. The number of fused-ring (bicyclic) bond motifs is 2. The van der Waals surface area contributed by atoms with E-state index in [0.29, 0.717) is 27.3 Å². The molecule has 1 atom stereocenters. The maximum absolute atomic E-state index is 14.2. The standard InChI is InChI=1S/C20H17FN2O3S/c1-11-17-12(21)6-5-9-16(17)27-18(11)20(25)23-10-15(19(24)22-2)26-14-8-4-3-7-13(14)23/h3-9,15H,10H2,1-2H3,(H,22,24). The number of rotatable bonds is 2. The van der Waals surface area contributed by atoms with E-state index in [4.69, 9.17) is 4.74 Å². The molecule has 1 aromatic heterocycles. The molecule has 2 heterocycles. The Bertz CT molecular complexity index is 1060. The van der Waals surface area contributed by atoms with Crippen molar-refractivity contribution in [3.05, 3.63) is 58.7 Å². The molecule has 0 aliphatic carbocycles. The van der Waals surface area contributed by atoms with Crippen molar-refractivity contribution in [2.45, 2.75) is 13.0 Å². The third-order valence-corrected chi connectivity index (χ3v) is 5.90. The van der Waals surface area contributed by atoms with E-state index in [1.165, 1.54) is 29.4 Å². The van der Waals surface area contributed by atoms with E-state index in [1.54, 1.807) is 43.3 Å². The Morgan fingerprint density at radius 2 is 2.00 bits per heavy atom. The molecule has 27 heavy (non-hydrogen) atoms. The molecule has 2 amide bonds. The van der Waals surface area contributed by atoms with E-state index in [0.717, 1.165) is 4.70 Å². The van der Waals surface area contributed by atoms with Gasteiger partial charge in [0.25, 0.3) is 11.8 Å². The van der Waals surface area contributed by atoms with Crippen molar-refractivity contribution in [1.29, 1.82) is 0 Å². The molecule has 7 heteroatoms. The van der Waals surface area contributed by atoms with Gasteiger partial charge in [0.05, 0.1) is 17.1 Å². The van der Waals surface area contributed by atoms with Crippen LogP contribution in [-0.4, -0.2) is 31.5 Å². The van der Waals surface area contributed by atoms with Crippen LogP contribution in [0.3, 0.4) is 0 Å². The topological polar surface area (TPSA) is 58.6 Å². The fourth-order valence-corrected chi connectivity index (χ4v) is 4.48. The zero-order valence-corrected chi connectivity index (χ0v) is 15.6. The van der Waals surface area contributed by atoms with Gasteiger partial charge in [0.1, 0.15) is 11.6 Å². The number of hydrogen-bond acceptors (Lipinski definition) is 4. The third kappa shape index (κ3) is 2.84. The van der Waals surface area contributed by atoms with Gasteiger partial charge in [0, 0.05) is 17.1 Å². The monoisotopic (exact) mass is 384 g/mol. The first-order chi connectivity index (χ1) is 13.0. The van der Waals surface area contributed by atoms with Gasteiger partial charge in [0.15, 0.2) is 6.10 Å². The highest BCUT2D eigenvalue weighted by molar-refractivity contribution is 7.21. The third-order valence-electron chi connectivity index (χ3n) is 4.65. The van der Waals surface area contributed by atoms with Crippen LogP contribution in [0, 0.1) is 12.7 Å². The summed E-state index contributed by atoms with van der Waals surface area (Å²) in [7, 11) is 1.53. The van der Waals surface area contributed by atoms with Crippen LogP contribution < -0.4 is 15.0 Å². The molecule has 0 bridgehead atoms. The minimum absolute atomic E-state index is 0.0890. The Morgan fingerprint density at radius 3 is 2.74 bits per heavy atom. The molecule has 3 aromatic rings. The van der Waals surface area contributed by atoms with Crippen LogP contribution in [0.5, 0.6) is 5.75 Å². The Labute approximate surface area is 159 Å². The summed E-state index contributed by atoms with van der Waals surface area (Å²) in [4.78, 5) is 27.5. The van der Waals surface area contributed by atoms with Crippen LogP contribution >= 0.6 is 11.3 Å². The molecule has 138 valence electrons. The van der Waals surface area contributed by atoms with Gasteiger partial charge in [-0.2, -0.15) is 0 Å². The molecule has 5 nitrogen and oxygen atoms in total. The molecule has 0 saturated carbocycles. The van der Waals surface area contributed by atoms with Gasteiger partial charge in [-0.3, -0.25) is 14.5 Å². The summed E-state index contributed by atoms with van der Waals surface area (Å²) < 4.78 is 20.7. The normalized spacial score (nSPS) is 16.0. The number of aryl methyl sites for hydroxylation is 1. The number of para-hydroxylation sites is 2. The molecule has 1 N–H and O–H groups in total. The molecule has 1 aliphatic rings. The zero-order valence-electron chi connectivity index (χ0n) is 14.8. The number of likely N-dealkylation sites (N-methyl/N-ethyl adjacent to an activating group) is 1. The second-order valence-electron chi connectivity index (χ2n) is 6.27. The van der Waals surface area contributed by atoms with E-state index >= 15 is 0 Å². The van der Waals surface area contributed by atoms with Crippen LogP contribution in [0.2, 0.25) is 0 Å². The van der Waals surface area contributed by atoms with Crippen molar-refractivity contribution in [3.63, 3.8) is 0 Å². The molecule has 1 aliphatic heterocycles. The average molecular weight is 384 g/mol. The molecule has 1 unspecified atom stereocenters. The number of ether oxygens (including phenoxy) is 1. The highest BCUT2D eigenvalue weighted by atomic mass is 32.1. The predicted octanol–water partition coefficient (Wildman–Crippen LogP) is 3.50. The molecule has 2 aromatic carbocycles. The first-order valence-electron chi connectivity index (χ1n) is 8.48. The zero-order chi connectivity index (χ0) is 19.1. The number of carbonyl (C=O) groups is 2. The number of hydrogen-bond donors (Lipinski definition) is 1. The molecule has 0 radical (unpaired) electrons. The first-order valence-corrected chi connectivity index (χ1v) is 9.29. The van der Waals surface area contributed by atoms with Crippen molar-refractivity contribution in [2.75, 3.05) is 18.5 Å². The Hall–Kier alpha value is -2.93. The number of halogens is 1. The lowest BCUT2D eigenvalue weighted by Gasteiger charge is -2.33. The molecular weight excluding hydrogens is 367 g/mol. The van der Waals surface area contributed by atoms with Crippen LogP contribution in [0.25, 0.3) is 10.1 Å². The Balaban J connectivity index is 1.80. The first kappa shape index (κ1) is 17.5. The van der Waals surface area contributed by atoms with Crippen molar-refractivity contribution < 1.29 is 18.7 Å². The summed E-state index contributed by atoms with van der Waals surface area (Å²) >= 11 is 1.26. The van der Waals surface area contributed by atoms with E-state index in [-0.39, 0.29) is 24.2 Å². The van der Waals surface area contributed by atoms with Crippen LogP contribution in [-0.2, 0) is 4.79 Å². The predicted molar refractivity (Wildman–Crippen MR) is 103 cm³/mol. The van der Waals surface area contributed by atoms with E-state index in [2.05, 4.69) is 5.32 Å². The summed E-state index contributed by atoms with van der Waals surface area (Å²) in [6, 6.07) is 11.9. The summed E-state index contributed by atoms with van der Waals surface area (Å²) in [6.07, 6.45) is -0.805. The summed E-state index contributed by atoms with van der Waals surface area (Å²) in [5, 5.41) is 3.02. The van der Waals surface area contributed by atoms with Gasteiger partial charge in [0.2, 0.25) is 0 Å².